The summed E-state index contributed by atoms with van der Waals surface area (Å²) in [5.74, 6) is 0.876. The van der Waals surface area contributed by atoms with Gasteiger partial charge in [-0.2, -0.15) is 0 Å². The maximum atomic E-state index is 11.4. The van der Waals surface area contributed by atoms with Crippen molar-refractivity contribution in [2.24, 2.45) is 5.92 Å². The Labute approximate surface area is 99.0 Å². The summed E-state index contributed by atoms with van der Waals surface area (Å²) < 4.78 is 0. The third-order valence-corrected chi connectivity index (χ3v) is 3.35. The fourth-order valence-electron chi connectivity index (χ4n) is 2.25. The minimum Gasteiger partial charge on any atom is -0.349 e. The van der Waals surface area contributed by atoms with Gasteiger partial charge >= 0.3 is 0 Å². The lowest BCUT2D eigenvalue weighted by atomic mass is 9.94. The number of hydrogen-bond acceptors (Lipinski definition) is 3. The molecule has 0 aromatic rings. The predicted octanol–water partition coefficient (Wildman–Crippen LogP) is 0.395. The van der Waals surface area contributed by atoms with Crippen molar-refractivity contribution in [2.75, 3.05) is 40.8 Å². The molecule has 4 heteroatoms. The molecule has 1 N–H and O–H groups in total. The van der Waals surface area contributed by atoms with E-state index in [2.05, 4.69) is 24.2 Å². The highest BCUT2D eigenvalue weighted by Crippen LogP contribution is 2.15. The number of piperidine rings is 1. The molecule has 0 aliphatic carbocycles. The van der Waals surface area contributed by atoms with Crippen LogP contribution in [-0.2, 0) is 4.79 Å². The summed E-state index contributed by atoms with van der Waals surface area (Å²) in [6.45, 7) is 5.39. The second-order valence-corrected chi connectivity index (χ2v) is 5.13. The van der Waals surface area contributed by atoms with Crippen LogP contribution in [0.1, 0.15) is 19.8 Å². The van der Waals surface area contributed by atoms with Crippen molar-refractivity contribution in [3.05, 3.63) is 0 Å². The van der Waals surface area contributed by atoms with Gasteiger partial charge in [-0.05, 0) is 25.9 Å². The molecule has 1 heterocycles. The standard InChI is InChI=1S/C12H25N3O/c1-10-9-15(4)8-6-11(10)13-7-5-12(16)14(2)3/h10-11,13H,5-9H2,1-4H3. The summed E-state index contributed by atoms with van der Waals surface area (Å²) in [7, 11) is 5.78. The zero-order valence-electron chi connectivity index (χ0n) is 11.0. The van der Waals surface area contributed by atoms with Crippen LogP contribution in [0.25, 0.3) is 0 Å². The number of nitrogens with zero attached hydrogens (tertiary/aromatic N) is 2. The summed E-state index contributed by atoms with van der Waals surface area (Å²) in [4.78, 5) is 15.4. The number of carbonyl (C=O) groups is 1. The topological polar surface area (TPSA) is 35.6 Å². The van der Waals surface area contributed by atoms with Crippen LogP contribution in [0.15, 0.2) is 0 Å². The van der Waals surface area contributed by atoms with Gasteiger partial charge in [-0.25, -0.2) is 0 Å². The van der Waals surface area contributed by atoms with Crippen molar-refractivity contribution >= 4 is 5.91 Å². The van der Waals surface area contributed by atoms with E-state index in [0.29, 0.717) is 18.4 Å². The Morgan fingerprint density at radius 3 is 2.75 bits per heavy atom. The number of likely N-dealkylation sites (tertiary alicyclic amines) is 1. The fraction of sp³-hybridized carbons (Fsp3) is 0.917. The van der Waals surface area contributed by atoms with Gasteiger partial charge in [0.1, 0.15) is 0 Å². The molecule has 1 amide bonds. The largest absolute Gasteiger partial charge is 0.349 e. The lowest BCUT2D eigenvalue weighted by Crippen LogP contribution is -2.47. The predicted molar refractivity (Wildman–Crippen MR) is 66.4 cm³/mol. The van der Waals surface area contributed by atoms with E-state index in [0.717, 1.165) is 19.6 Å². The van der Waals surface area contributed by atoms with Gasteiger partial charge in [0.2, 0.25) is 5.91 Å². The number of hydrogen-bond donors (Lipinski definition) is 1. The Bertz CT molecular complexity index is 230. The minimum atomic E-state index is 0.202. The van der Waals surface area contributed by atoms with E-state index in [4.69, 9.17) is 0 Å². The van der Waals surface area contributed by atoms with Gasteiger partial charge in [0, 0.05) is 39.6 Å². The van der Waals surface area contributed by atoms with E-state index in [-0.39, 0.29) is 5.91 Å². The molecule has 1 aliphatic rings. The Morgan fingerprint density at radius 2 is 2.19 bits per heavy atom. The van der Waals surface area contributed by atoms with E-state index in [9.17, 15) is 4.79 Å². The molecule has 0 bridgehead atoms. The zero-order valence-corrected chi connectivity index (χ0v) is 11.0. The van der Waals surface area contributed by atoms with Crippen LogP contribution in [0.4, 0.5) is 0 Å². The van der Waals surface area contributed by atoms with Crippen molar-refractivity contribution in [1.29, 1.82) is 0 Å². The maximum Gasteiger partial charge on any atom is 0.223 e. The molecule has 94 valence electrons. The van der Waals surface area contributed by atoms with Crippen LogP contribution in [0.5, 0.6) is 0 Å². The van der Waals surface area contributed by atoms with Gasteiger partial charge < -0.3 is 15.1 Å². The molecule has 1 aliphatic heterocycles. The molecule has 0 saturated carbocycles. The molecule has 0 aromatic carbocycles. The third kappa shape index (κ3) is 4.10. The Hall–Kier alpha value is -0.610. The molecular formula is C12H25N3O. The summed E-state index contributed by atoms with van der Waals surface area (Å²) in [6, 6.07) is 0.575. The molecule has 1 rings (SSSR count). The number of rotatable bonds is 4. The molecule has 0 radical (unpaired) electrons. The number of nitrogens with one attached hydrogen (secondary N) is 1. The van der Waals surface area contributed by atoms with Gasteiger partial charge in [0.25, 0.3) is 0 Å². The smallest absolute Gasteiger partial charge is 0.223 e. The zero-order chi connectivity index (χ0) is 12.1. The first-order valence-corrected chi connectivity index (χ1v) is 6.12. The van der Waals surface area contributed by atoms with Gasteiger partial charge in [-0.15, -0.1) is 0 Å². The first-order valence-electron chi connectivity index (χ1n) is 6.12. The molecule has 0 spiro atoms. The Kier molecular flexibility index (Phi) is 5.22. The van der Waals surface area contributed by atoms with Crippen LogP contribution in [0.3, 0.4) is 0 Å². The molecule has 1 fully saturated rings. The molecule has 4 nitrogen and oxygen atoms in total. The van der Waals surface area contributed by atoms with E-state index in [1.807, 2.05) is 0 Å². The first-order chi connectivity index (χ1) is 7.50. The Morgan fingerprint density at radius 1 is 1.50 bits per heavy atom. The lowest BCUT2D eigenvalue weighted by molar-refractivity contribution is -0.128. The lowest BCUT2D eigenvalue weighted by Gasteiger charge is -2.35. The van der Waals surface area contributed by atoms with Crippen LogP contribution in [-0.4, -0.2) is 62.5 Å². The summed E-state index contributed by atoms with van der Waals surface area (Å²) >= 11 is 0. The van der Waals surface area contributed by atoms with Crippen molar-refractivity contribution in [3.63, 3.8) is 0 Å². The summed E-state index contributed by atoms with van der Waals surface area (Å²) in [5, 5.41) is 3.50. The molecular weight excluding hydrogens is 202 g/mol. The first kappa shape index (κ1) is 13.5. The Balaban J connectivity index is 2.20. The average molecular weight is 227 g/mol. The van der Waals surface area contributed by atoms with E-state index < -0.39 is 0 Å². The van der Waals surface area contributed by atoms with Gasteiger partial charge in [0.05, 0.1) is 0 Å². The summed E-state index contributed by atoms with van der Waals surface area (Å²) in [6.07, 6.45) is 1.79. The minimum absolute atomic E-state index is 0.202. The number of amides is 1. The van der Waals surface area contributed by atoms with Crippen molar-refractivity contribution in [3.8, 4) is 0 Å². The maximum absolute atomic E-state index is 11.4. The SMILES string of the molecule is CC1CN(C)CCC1NCCC(=O)N(C)C. The second-order valence-electron chi connectivity index (χ2n) is 5.13. The fourth-order valence-corrected chi connectivity index (χ4v) is 2.25. The van der Waals surface area contributed by atoms with Gasteiger partial charge in [0.15, 0.2) is 0 Å². The van der Waals surface area contributed by atoms with Crippen LogP contribution in [0, 0.1) is 5.92 Å². The molecule has 2 unspecified atom stereocenters. The van der Waals surface area contributed by atoms with E-state index in [1.165, 1.54) is 6.42 Å². The highest BCUT2D eigenvalue weighted by atomic mass is 16.2. The van der Waals surface area contributed by atoms with Crippen LogP contribution < -0.4 is 5.32 Å². The monoisotopic (exact) mass is 227 g/mol. The normalized spacial score (nSPS) is 26.8. The number of carbonyl (C=O) groups excluding carboxylic acids is 1. The van der Waals surface area contributed by atoms with E-state index >= 15 is 0 Å². The van der Waals surface area contributed by atoms with Crippen molar-refractivity contribution in [2.45, 2.75) is 25.8 Å². The van der Waals surface area contributed by atoms with Crippen molar-refractivity contribution in [1.82, 2.24) is 15.1 Å². The van der Waals surface area contributed by atoms with Gasteiger partial charge in [-0.3, -0.25) is 4.79 Å². The van der Waals surface area contributed by atoms with Gasteiger partial charge in [-0.1, -0.05) is 6.92 Å². The third-order valence-electron chi connectivity index (χ3n) is 3.35. The molecule has 0 aromatic heterocycles. The average Bonchev–Trinajstić information content (AvgIpc) is 2.20. The van der Waals surface area contributed by atoms with Crippen LogP contribution >= 0.6 is 0 Å². The molecule has 16 heavy (non-hydrogen) atoms. The second kappa shape index (κ2) is 6.21. The van der Waals surface area contributed by atoms with E-state index in [1.54, 1.807) is 19.0 Å². The molecule has 2 atom stereocenters. The highest BCUT2D eigenvalue weighted by molar-refractivity contribution is 5.75. The highest BCUT2D eigenvalue weighted by Gasteiger charge is 2.23. The quantitative estimate of drug-likeness (QED) is 0.755. The van der Waals surface area contributed by atoms with Crippen LogP contribution in [0.2, 0.25) is 0 Å². The summed E-state index contributed by atoms with van der Waals surface area (Å²) in [5.41, 5.74) is 0. The van der Waals surface area contributed by atoms with Crippen molar-refractivity contribution < 1.29 is 4.79 Å². The molecule has 1 saturated heterocycles.